The monoisotopic (exact) mass is 234 g/mol. The van der Waals surface area contributed by atoms with Gasteiger partial charge in [0.2, 0.25) is 0 Å². The van der Waals surface area contributed by atoms with Crippen molar-refractivity contribution in [3.8, 4) is 0 Å². The molecule has 2 aliphatic rings. The maximum absolute atomic E-state index is 13.3. The number of halogens is 1. The lowest BCUT2D eigenvalue weighted by Crippen LogP contribution is -2.48. The maximum atomic E-state index is 13.3. The molecule has 1 fully saturated rings. The average Bonchev–Trinajstić information content (AvgIpc) is 2.58. The van der Waals surface area contributed by atoms with Crippen LogP contribution in [0.1, 0.15) is 12.5 Å². The van der Waals surface area contributed by atoms with E-state index in [1.807, 2.05) is 6.07 Å². The van der Waals surface area contributed by atoms with Crippen molar-refractivity contribution < 1.29 is 4.39 Å². The molecule has 2 nitrogen and oxygen atoms in total. The van der Waals surface area contributed by atoms with E-state index in [1.54, 1.807) is 12.1 Å². The van der Waals surface area contributed by atoms with Crippen LogP contribution in [0.4, 0.5) is 10.1 Å². The molecule has 1 aromatic rings. The fourth-order valence-electron chi connectivity index (χ4n) is 2.82. The highest BCUT2D eigenvalue weighted by atomic mass is 19.1. The van der Waals surface area contributed by atoms with Crippen molar-refractivity contribution in [3.05, 3.63) is 29.6 Å². The number of anilines is 1. The maximum Gasteiger partial charge on any atom is 0.125 e. The van der Waals surface area contributed by atoms with Gasteiger partial charge in [0.25, 0.3) is 0 Å². The molecule has 0 bridgehead atoms. The molecule has 1 atom stereocenters. The molecule has 1 aromatic carbocycles. The Hall–Kier alpha value is -1.09. The Balaban J connectivity index is 1.72. The van der Waals surface area contributed by atoms with Crippen LogP contribution < -0.4 is 10.2 Å². The molecule has 2 heterocycles. The average molecular weight is 234 g/mol. The largest absolute Gasteiger partial charge is 0.371 e. The Labute approximate surface area is 102 Å². The highest BCUT2D eigenvalue weighted by Crippen LogP contribution is 2.30. The summed E-state index contributed by atoms with van der Waals surface area (Å²) in [6.07, 6.45) is 1.06. The van der Waals surface area contributed by atoms with Gasteiger partial charge >= 0.3 is 0 Å². The van der Waals surface area contributed by atoms with Crippen molar-refractivity contribution in [2.75, 3.05) is 31.1 Å². The molecule has 1 unspecified atom stereocenters. The standard InChI is InChI=1S/C14H19FN2/c1-10(12-7-16-8-12)9-17-5-4-11-2-3-13(15)6-14(11)17/h2-3,6,10,12,16H,4-5,7-9H2,1H3. The summed E-state index contributed by atoms with van der Waals surface area (Å²) < 4.78 is 13.3. The molecule has 1 N–H and O–H groups in total. The van der Waals surface area contributed by atoms with Crippen LogP contribution in [0.15, 0.2) is 18.2 Å². The summed E-state index contributed by atoms with van der Waals surface area (Å²) in [5, 5.41) is 3.32. The first-order valence-corrected chi connectivity index (χ1v) is 6.48. The van der Waals surface area contributed by atoms with E-state index in [-0.39, 0.29) is 5.82 Å². The summed E-state index contributed by atoms with van der Waals surface area (Å²) in [7, 11) is 0. The second-order valence-corrected chi connectivity index (χ2v) is 5.36. The summed E-state index contributed by atoms with van der Waals surface area (Å²) >= 11 is 0. The van der Waals surface area contributed by atoms with Gasteiger partial charge in [0, 0.05) is 18.8 Å². The molecular weight excluding hydrogens is 215 g/mol. The Morgan fingerprint density at radius 2 is 2.29 bits per heavy atom. The van der Waals surface area contributed by atoms with Crippen molar-refractivity contribution in [3.63, 3.8) is 0 Å². The lowest BCUT2D eigenvalue weighted by molar-refractivity contribution is 0.251. The van der Waals surface area contributed by atoms with E-state index in [0.717, 1.165) is 44.2 Å². The number of hydrogen-bond donors (Lipinski definition) is 1. The number of fused-ring (bicyclic) bond motifs is 1. The molecular formula is C14H19FN2. The third-order valence-corrected chi connectivity index (χ3v) is 4.17. The van der Waals surface area contributed by atoms with E-state index >= 15 is 0 Å². The molecule has 3 heteroatoms. The lowest BCUT2D eigenvalue weighted by atomic mass is 9.88. The van der Waals surface area contributed by atoms with E-state index in [9.17, 15) is 4.39 Å². The Bertz CT molecular complexity index is 415. The number of hydrogen-bond acceptors (Lipinski definition) is 2. The van der Waals surface area contributed by atoms with Crippen LogP contribution in [0, 0.1) is 17.7 Å². The summed E-state index contributed by atoms with van der Waals surface area (Å²) in [6.45, 7) is 6.70. The summed E-state index contributed by atoms with van der Waals surface area (Å²) in [4.78, 5) is 2.35. The number of nitrogens with zero attached hydrogens (tertiary/aromatic N) is 1. The van der Waals surface area contributed by atoms with E-state index in [1.165, 1.54) is 5.56 Å². The molecule has 0 aromatic heterocycles. The van der Waals surface area contributed by atoms with E-state index in [4.69, 9.17) is 0 Å². The molecule has 2 aliphatic heterocycles. The molecule has 0 spiro atoms. The molecule has 17 heavy (non-hydrogen) atoms. The zero-order valence-corrected chi connectivity index (χ0v) is 10.2. The van der Waals surface area contributed by atoms with Gasteiger partial charge in [-0.2, -0.15) is 0 Å². The molecule has 1 saturated heterocycles. The zero-order valence-electron chi connectivity index (χ0n) is 10.2. The minimum absolute atomic E-state index is 0.117. The zero-order chi connectivity index (χ0) is 11.8. The van der Waals surface area contributed by atoms with Crippen LogP contribution in [0.25, 0.3) is 0 Å². The highest BCUT2D eigenvalue weighted by molar-refractivity contribution is 5.58. The van der Waals surface area contributed by atoms with Crippen LogP contribution in [0.5, 0.6) is 0 Å². The van der Waals surface area contributed by atoms with Gasteiger partial charge in [-0.05, 0) is 49.0 Å². The van der Waals surface area contributed by atoms with Crippen LogP contribution in [-0.2, 0) is 6.42 Å². The van der Waals surface area contributed by atoms with Crippen molar-refractivity contribution in [2.24, 2.45) is 11.8 Å². The van der Waals surface area contributed by atoms with Gasteiger partial charge in [0.1, 0.15) is 5.82 Å². The smallest absolute Gasteiger partial charge is 0.125 e. The van der Waals surface area contributed by atoms with Crippen LogP contribution in [0.2, 0.25) is 0 Å². The van der Waals surface area contributed by atoms with E-state index < -0.39 is 0 Å². The molecule has 0 radical (unpaired) electrons. The van der Waals surface area contributed by atoms with Gasteiger partial charge in [-0.3, -0.25) is 0 Å². The Kier molecular flexibility index (Phi) is 2.79. The Morgan fingerprint density at radius 1 is 1.47 bits per heavy atom. The minimum atomic E-state index is -0.117. The van der Waals surface area contributed by atoms with Crippen molar-refractivity contribution >= 4 is 5.69 Å². The van der Waals surface area contributed by atoms with Gasteiger partial charge in [-0.25, -0.2) is 4.39 Å². The quantitative estimate of drug-likeness (QED) is 0.861. The predicted molar refractivity (Wildman–Crippen MR) is 67.8 cm³/mol. The molecule has 92 valence electrons. The second kappa shape index (κ2) is 4.30. The van der Waals surface area contributed by atoms with E-state index in [0.29, 0.717) is 5.92 Å². The van der Waals surface area contributed by atoms with Gasteiger partial charge in [-0.1, -0.05) is 13.0 Å². The summed E-state index contributed by atoms with van der Waals surface area (Å²) in [6, 6.07) is 5.19. The number of rotatable bonds is 3. The van der Waals surface area contributed by atoms with Gasteiger partial charge < -0.3 is 10.2 Å². The molecule has 0 amide bonds. The van der Waals surface area contributed by atoms with Crippen molar-refractivity contribution in [2.45, 2.75) is 13.3 Å². The van der Waals surface area contributed by atoms with Crippen molar-refractivity contribution in [1.82, 2.24) is 5.32 Å². The van der Waals surface area contributed by atoms with Gasteiger partial charge in [-0.15, -0.1) is 0 Å². The van der Waals surface area contributed by atoms with Crippen LogP contribution in [0.3, 0.4) is 0 Å². The number of benzene rings is 1. The fourth-order valence-corrected chi connectivity index (χ4v) is 2.82. The molecule has 0 saturated carbocycles. The lowest BCUT2D eigenvalue weighted by Gasteiger charge is -2.35. The third kappa shape index (κ3) is 2.04. The van der Waals surface area contributed by atoms with Crippen LogP contribution in [-0.4, -0.2) is 26.2 Å². The topological polar surface area (TPSA) is 15.3 Å². The Morgan fingerprint density at radius 3 is 3.00 bits per heavy atom. The summed E-state index contributed by atoms with van der Waals surface area (Å²) in [5.41, 5.74) is 2.41. The highest BCUT2D eigenvalue weighted by Gasteiger charge is 2.27. The van der Waals surface area contributed by atoms with E-state index in [2.05, 4.69) is 17.1 Å². The number of nitrogens with one attached hydrogen (secondary N) is 1. The summed E-state index contributed by atoms with van der Waals surface area (Å²) in [5.74, 6) is 1.37. The predicted octanol–water partition coefficient (Wildman–Crippen LogP) is 2.04. The fraction of sp³-hybridized carbons (Fsp3) is 0.571. The molecule has 0 aliphatic carbocycles. The van der Waals surface area contributed by atoms with Gasteiger partial charge in [0.05, 0.1) is 0 Å². The van der Waals surface area contributed by atoms with Crippen molar-refractivity contribution in [1.29, 1.82) is 0 Å². The first-order chi connectivity index (χ1) is 8.24. The normalized spacial score (nSPS) is 21.2. The second-order valence-electron chi connectivity index (χ2n) is 5.36. The van der Waals surface area contributed by atoms with Crippen LogP contribution >= 0.6 is 0 Å². The minimum Gasteiger partial charge on any atom is -0.371 e. The SMILES string of the molecule is CC(CN1CCc2ccc(F)cc21)C1CNC1. The van der Waals surface area contributed by atoms with Gasteiger partial charge in [0.15, 0.2) is 0 Å². The third-order valence-electron chi connectivity index (χ3n) is 4.17. The molecule has 3 rings (SSSR count). The first-order valence-electron chi connectivity index (χ1n) is 6.48. The first kappa shape index (κ1) is 11.0.